The average molecular weight is 493 g/mol. The fourth-order valence-corrected chi connectivity index (χ4v) is 6.25. The van der Waals surface area contributed by atoms with Gasteiger partial charge in [-0.3, -0.25) is 0 Å². The van der Waals surface area contributed by atoms with Crippen molar-refractivity contribution in [3.05, 3.63) is 35.3 Å². The van der Waals surface area contributed by atoms with Crippen molar-refractivity contribution < 1.29 is 19.7 Å². The molecule has 1 aliphatic heterocycles. The molecule has 0 amide bonds. The summed E-state index contributed by atoms with van der Waals surface area (Å²) in [6, 6.07) is 5.34. The largest absolute Gasteiger partial charge is 0.394 e. The number of thiazole rings is 2. The van der Waals surface area contributed by atoms with Crippen molar-refractivity contribution in [1.82, 2.24) is 25.0 Å². The van der Waals surface area contributed by atoms with Gasteiger partial charge >= 0.3 is 0 Å². The van der Waals surface area contributed by atoms with Gasteiger partial charge in [0.05, 0.1) is 28.5 Å². The van der Waals surface area contributed by atoms with Gasteiger partial charge in [0.25, 0.3) is 0 Å². The Kier molecular flexibility index (Phi) is 6.11. The average Bonchev–Trinajstić information content (AvgIpc) is 3.54. The molecule has 13 heteroatoms. The molecule has 5 atom stereocenters. The molecule has 4 N–H and O–H groups in total. The summed E-state index contributed by atoms with van der Waals surface area (Å²) in [6.45, 7) is -0.344. The summed E-state index contributed by atoms with van der Waals surface area (Å²) < 4.78 is 14.4. The number of thioether (sulfide) groups is 1. The lowest BCUT2D eigenvalue weighted by Crippen LogP contribution is -2.55. The number of aliphatic hydroxyl groups excluding tert-OH is 2. The van der Waals surface area contributed by atoms with Crippen LogP contribution in [0.1, 0.15) is 6.04 Å². The maximum absolute atomic E-state index is 11.0. The normalized spacial score (nSPS) is 26.0. The molecule has 0 aliphatic carbocycles. The number of aromatic nitrogens is 5. The lowest BCUT2D eigenvalue weighted by Gasteiger charge is -2.43. The van der Waals surface area contributed by atoms with Crippen molar-refractivity contribution in [3.63, 3.8) is 0 Å². The van der Waals surface area contributed by atoms with Crippen LogP contribution in [0.4, 0.5) is 5.13 Å². The SMILES string of the molecule is COC1C(n2cc(-c3csc(N)n3)nn2)[C@@H](O)C(CO)O[C@@H]1Sc1ccc2ncsc2c1. The molecule has 1 saturated heterocycles. The van der Waals surface area contributed by atoms with Crippen LogP contribution in [0.3, 0.4) is 0 Å². The van der Waals surface area contributed by atoms with Crippen LogP contribution in [0.5, 0.6) is 0 Å². The summed E-state index contributed by atoms with van der Waals surface area (Å²) in [5.41, 5.74) is 9.11. The topological polar surface area (TPSA) is 141 Å². The summed E-state index contributed by atoms with van der Waals surface area (Å²) in [4.78, 5) is 9.51. The molecule has 4 aromatic rings. The fourth-order valence-electron chi connectivity index (χ4n) is 3.70. The predicted octanol–water partition coefficient (Wildman–Crippen LogP) is 2.02. The van der Waals surface area contributed by atoms with Gasteiger partial charge in [0.15, 0.2) is 5.13 Å². The van der Waals surface area contributed by atoms with Crippen LogP contribution in [0.2, 0.25) is 0 Å². The first-order valence-electron chi connectivity index (χ1n) is 9.67. The van der Waals surface area contributed by atoms with Crippen LogP contribution in [-0.4, -0.2) is 72.6 Å². The van der Waals surface area contributed by atoms with Crippen molar-refractivity contribution in [3.8, 4) is 11.4 Å². The zero-order valence-corrected chi connectivity index (χ0v) is 19.3. The van der Waals surface area contributed by atoms with E-state index in [1.165, 1.54) is 23.1 Å². The molecular formula is C19H20N6O4S3. The summed E-state index contributed by atoms with van der Waals surface area (Å²) in [5.74, 6) is 0. The highest BCUT2D eigenvalue weighted by atomic mass is 32.2. The van der Waals surface area contributed by atoms with Gasteiger partial charge < -0.3 is 25.4 Å². The van der Waals surface area contributed by atoms with Crippen LogP contribution in [0.15, 0.2) is 40.2 Å². The van der Waals surface area contributed by atoms with Crippen LogP contribution < -0.4 is 5.73 Å². The summed E-state index contributed by atoms with van der Waals surface area (Å²) in [7, 11) is 1.56. The molecule has 1 aliphatic rings. The Balaban J connectivity index is 1.45. The highest BCUT2D eigenvalue weighted by Crippen LogP contribution is 2.40. The minimum atomic E-state index is -1.05. The van der Waals surface area contributed by atoms with Crippen molar-refractivity contribution in [2.45, 2.75) is 34.7 Å². The molecule has 5 rings (SSSR count). The maximum Gasteiger partial charge on any atom is 0.180 e. The molecule has 10 nitrogen and oxygen atoms in total. The number of aliphatic hydroxyl groups is 2. The Morgan fingerprint density at radius 1 is 1.31 bits per heavy atom. The first-order chi connectivity index (χ1) is 15.6. The number of rotatable bonds is 6. The minimum Gasteiger partial charge on any atom is -0.394 e. The van der Waals surface area contributed by atoms with Gasteiger partial charge in [0.1, 0.15) is 41.2 Å². The van der Waals surface area contributed by atoms with Crippen molar-refractivity contribution in [1.29, 1.82) is 0 Å². The van der Waals surface area contributed by atoms with Gasteiger partial charge in [-0.1, -0.05) is 17.0 Å². The van der Waals surface area contributed by atoms with Crippen LogP contribution in [-0.2, 0) is 9.47 Å². The van der Waals surface area contributed by atoms with Gasteiger partial charge in [0, 0.05) is 17.4 Å². The van der Waals surface area contributed by atoms with Gasteiger partial charge in [-0.15, -0.1) is 27.8 Å². The minimum absolute atomic E-state index is 0.344. The highest BCUT2D eigenvalue weighted by molar-refractivity contribution is 7.99. The summed E-state index contributed by atoms with van der Waals surface area (Å²) in [5, 5.41) is 31.5. The lowest BCUT2D eigenvalue weighted by molar-refractivity contribution is -0.186. The van der Waals surface area contributed by atoms with E-state index in [1.54, 1.807) is 40.2 Å². The second-order valence-corrected chi connectivity index (χ2v) is 10.1. The van der Waals surface area contributed by atoms with Crippen LogP contribution >= 0.6 is 34.4 Å². The smallest absolute Gasteiger partial charge is 0.180 e. The van der Waals surface area contributed by atoms with Crippen molar-refractivity contribution in [2.24, 2.45) is 0 Å². The Labute approximate surface area is 195 Å². The number of nitrogen functional groups attached to an aromatic ring is 1. The number of methoxy groups -OCH3 is 1. The zero-order chi connectivity index (χ0) is 22.2. The molecule has 3 unspecified atom stereocenters. The van der Waals surface area contributed by atoms with E-state index < -0.39 is 29.8 Å². The molecule has 0 saturated carbocycles. The number of nitrogens with zero attached hydrogens (tertiary/aromatic N) is 5. The molecular weight excluding hydrogens is 472 g/mol. The molecule has 32 heavy (non-hydrogen) atoms. The molecule has 168 valence electrons. The number of hydrogen-bond acceptors (Lipinski definition) is 12. The van der Waals surface area contributed by atoms with Crippen LogP contribution in [0, 0.1) is 0 Å². The molecule has 0 bridgehead atoms. The first kappa shape index (κ1) is 21.7. The molecule has 0 radical (unpaired) electrons. The van der Waals surface area contributed by atoms with E-state index in [0.717, 1.165) is 15.1 Å². The summed E-state index contributed by atoms with van der Waals surface area (Å²) in [6.07, 6.45) is -0.733. The van der Waals surface area contributed by atoms with E-state index >= 15 is 0 Å². The Hall–Kier alpha value is -2.13. The van der Waals surface area contributed by atoms with Gasteiger partial charge in [0.2, 0.25) is 0 Å². The Morgan fingerprint density at radius 3 is 2.94 bits per heavy atom. The number of anilines is 1. The standard InChI is InChI=1S/C19H20N6O4S3/c1-28-17-15(25-5-11(23-24-25)12-7-30-19(20)22-12)16(27)13(6-26)29-18(17)32-9-2-3-10-14(4-9)31-8-21-10/h2-5,7-8,13,15-18,26-27H,6H2,1H3,(H2,20,22)/t13?,15?,16-,17?,18+/m0/s1. The van der Waals surface area contributed by atoms with Crippen LogP contribution in [0.25, 0.3) is 21.6 Å². The van der Waals surface area contributed by atoms with Crippen molar-refractivity contribution >= 4 is 49.8 Å². The third kappa shape index (κ3) is 4.01. The molecule has 1 fully saturated rings. The Bertz CT molecular complexity index is 1210. The third-order valence-corrected chi connectivity index (χ3v) is 7.86. The molecule has 1 aromatic carbocycles. The first-order valence-corrected chi connectivity index (χ1v) is 12.3. The van der Waals surface area contributed by atoms with E-state index in [9.17, 15) is 10.2 Å². The van der Waals surface area contributed by atoms with E-state index in [-0.39, 0.29) is 6.61 Å². The summed E-state index contributed by atoms with van der Waals surface area (Å²) >= 11 is 4.34. The highest BCUT2D eigenvalue weighted by Gasteiger charge is 2.47. The maximum atomic E-state index is 11.0. The second kappa shape index (κ2) is 9.02. The molecule has 0 spiro atoms. The predicted molar refractivity (Wildman–Crippen MR) is 123 cm³/mol. The van der Waals surface area contributed by atoms with E-state index in [0.29, 0.717) is 16.5 Å². The van der Waals surface area contributed by atoms with Gasteiger partial charge in [-0.05, 0) is 18.2 Å². The number of ether oxygens (including phenoxy) is 2. The lowest BCUT2D eigenvalue weighted by atomic mass is 9.97. The molecule has 3 aromatic heterocycles. The number of hydrogen-bond donors (Lipinski definition) is 3. The monoisotopic (exact) mass is 492 g/mol. The van der Waals surface area contributed by atoms with E-state index in [4.69, 9.17) is 15.2 Å². The third-order valence-electron chi connectivity index (χ3n) is 5.25. The van der Waals surface area contributed by atoms with Gasteiger partial charge in [-0.25, -0.2) is 14.6 Å². The quantitative estimate of drug-likeness (QED) is 0.366. The fraction of sp³-hybridized carbons (Fsp3) is 0.368. The zero-order valence-electron chi connectivity index (χ0n) is 16.8. The number of fused-ring (bicyclic) bond motifs is 1. The number of nitrogens with two attached hydrogens (primary N) is 1. The van der Waals surface area contributed by atoms with E-state index in [1.807, 2.05) is 18.2 Å². The molecule has 4 heterocycles. The van der Waals surface area contributed by atoms with E-state index in [2.05, 4.69) is 20.3 Å². The number of benzene rings is 1. The Morgan fingerprint density at radius 2 is 2.19 bits per heavy atom. The second-order valence-electron chi connectivity index (χ2n) is 7.16. The van der Waals surface area contributed by atoms with Crippen molar-refractivity contribution in [2.75, 3.05) is 19.5 Å². The van der Waals surface area contributed by atoms with Gasteiger partial charge in [-0.2, -0.15) is 0 Å².